The van der Waals surface area contributed by atoms with E-state index in [1.807, 2.05) is 30.3 Å². The van der Waals surface area contributed by atoms with Crippen LogP contribution in [0, 0.1) is 6.92 Å². The molecule has 0 fully saturated rings. The van der Waals surface area contributed by atoms with Gasteiger partial charge in [0.25, 0.3) is 0 Å². The third-order valence-electron chi connectivity index (χ3n) is 4.18. The van der Waals surface area contributed by atoms with Gasteiger partial charge in [-0.3, -0.25) is 0 Å². The second-order valence-electron chi connectivity index (χ2n) is 5.93. The first kappa shape index (κ1) is 21.3. The zero-order chi connectivity index (χ0) is 20.7. The number of rotatable bonds is 4. The number of hydrogen-bond acceptors (Lipinski definition) is 3. The molecule has 28 heavy (non-hydrogen) atoms. The van der Waals surface area contributed by atoms with Gasteiger partial charge in [0.05, 0.1) is 11.1 Å². The highest BCUT2D eigenvalue weighted by molar-refractivity contribution is 9.10. The van der Waals surface area contributed by atoms with E-state index in [2.05, 4.69) is 40.2 Å². The summed E-state index contributed by atoms with van der Waals surface area (Å²) < 4.78 is 0.382. The van der Waals surface area contributed by atoms with Crippen molar-refractivity contribution >= 4 is 27.9 Å². The average Bonchev–Trinajstić information content (AvgIpc) is 2.68. The molecule has 0 spiro atoms. The molecule has 0 saturated heterocycles. The largest absolute Gasteiger partial charge is 0.478 e. The van der Waals surface area contributed by atoms with Gasteiger partial charge >= 0.3 is 11.9 Å². The molecular formula is C22H20BrNO4. The van der Waals surface area contributed by atoms with E-state index in [-0.39, 0.29) is 16.7 Å². The van der Waals surface area contributed by atoms with Crippen molar-refractivity contribution in [1.82, 2.24) is 0 Å². The third kappa shape index (κ3) is 5.06. The minimum atomic E-state index is -1.14. The average molecular weight is 442 g/mol. The van der Waals surface area contributed by atoms with Crippen LogP contribution in [-0.2, 0) is 6.54 Å². The number of halogens is 1. The van der Waals surface area contributed by atoms with E-state index in [4.69, 9.17) is 15.9 Å². The van der Waals surface area contributed by atoms with Crippen molar-refractivity contribution in [3.8, 4) is 11.1 Å². The minimum Gasteiger partial charge on any atom is -0.478 e. The summed E-state index contributed by atoms with van der Waals surface area (Å²) in [4.78, 5) is 21.5. The SMILES string of the molecule is Cc1c(C(=O)O)ccc(Br)c1C(=O)O.NCc1ccccc1-c1ccccc1. The normalized spacial score (nSPS) is 9.96. The van der Waals surface area contributed by atoms with Gasteiger partial charge in [-0.25, -0.2) is 9.59 Å². The Morgan fingerprint density at radius 3 is 2.07 bits per heavy atom. The Hall–Kier alpha value is -2.96. The third-order valence-corrected chi connectivity index (χ3v) is 4.84. The molecule has 3 rings (SSSR count). The summed E-state index contributed by atoms with van der Waals surface area (Å²) in [5.41, 5.74) is 9.59. The first-order valence-corrected chi connectivity index (χ1v) is 9.25. The second kappa shape index (κ2) is 9.82. The zero-order valence-electron chi connectivity index (χ0n) is 15.2. The first-order valence-electron chi connectivity index (χ1n) is 8.45. The van der Waals surface area contributed by atoms with Crippen molar-refractivity contribution in [3.63, 3.8) is 0 Å². The molecule has 3 aromatic rings. The molecule has 0 heterocycles. The lowest BCUT2D eigenvalue weighted by Gasteiger charge is -2.06. The number of aromatic carboxylic acids is 2. The molecule has 0 aromatic heterocycles. The van der Waals surface area contributed by atoms with Crippen LogP contribution in [0.25, 0.3) is 11.1 Å². The van der Waals surface area contributed by atoms with Gasteiger partial charge in [-0.2, -0.15) is 0 Å². The molecule has 6 heteroatoms. The van der Waals surface area contributed by atoms with Crippen LogP contribution in [0.3, 0.4) is 0 Å². The Bertz CT molecular complexity index is 987. The predicted molar refractivity (Wildman–Crippen MR) is 113 cm³/mol. The highest BCUT2D eigenvalue weighted by atomic mass is 79.9. The number of carboxylic acid groups (broad SMARTS) is 2. The molecule has 0 atom stereocenters. The van der Waals surface area contributed by atoms with Crippen LogP contribution in [0.15, 0.2) is 71.2 Å². The van der Waals surface area contributed by atoms with Gasteiger partial charge in [-0.15, -0.1) is 0 Å². The van der Waals surface area contributed by atoms with E-state index < -0.39 is 11.9 Å². The highest BCUT2D eigenvalue weighted by Crippen LogP contribution is 2.24. The maximum absolute atomic E-state index is 10.8. The zero-order valence-corrected chi connectivity index (χ0v) is 16.8. The summed E-state index contributed by atoms with van der Waals surface area (Å²) in [6.07, 6.45) is 0. The van der Waals surface area contributed by atoms with Crippen molar-refractivity contribution in [2.75, 3.05) is 0 Å². The molecular weight excluding hydrogens is 422 g/mol. The first-order chi connectivity index (χ1) is 13.4. The van der Waals surface area contributed by atoms with Crippen molar-refractivity contribution in [2.24, 2.45) is 5.73 Å². The summed E-state index contributed by atoms with van der Waals surface area (Å²) in [7, 11) is 0. The maximum Gasteiger partial charge on any atom is 0.337 e. The van der Waals surface area contributed by atoms with Gasteiger partial charge < -0.3 is 15.9 Å². The van der Waals surface area contributed by atoms with E-state index in [0.29, 0.717) is 11.0 Å². The molecule has 0 radical (unpaired) electrons. The molecule has 0 aliphatic carbocycles. The summed E-state index contributed by atoms with van der Waals surface area (Å²) in [5.74, 6) is -2.27. The molecule has 4 N–H and O–H groups in total. The Balaban J connectivity index is 0.000000200. The number of carboxylic acids is 2. The van der Waals surface area contributed by atoms with Crippen LogP contribution >= 0.6 is 15.9 Å². The fourth-order valence-electron chi connectivity index (χ4n) is 2.77. The fourth-order valence-corrected chi connectivity index (χ4v) is 3.37. The highest BCUT2D eigenvalue weighted by Gasteiger charge is 2.17. The van der Waals surface area contributed by atoms with E-state index in [1.54, 1.807) is 0 Å². The van der Waals surface area contributed by atoms with Crippen LogP contribution in [-0.4, -0.2) is 22.2 Å². The molecule has 3 aromatic carbocycles. The fraction of sp³-hybridized carbons (Fsp3) is 0.0909. The van der Waals surface area contributed by atoms with E-state index in [9.17, 15) is 9.59 Å². The lowest BCUT2D eigenvalue weighted by molar-refractivity contribution is 0.0695. The standard InChI is InChI=1S/C13H13N.C9H7BrO4/c14-10-12-8-4-5-9-13(12)11-6-2-1-3-7-11;1-4-5(8(11)12)2-3-6(10)7(4)9(13)14/h1-9H,10,14H2;2-3H,1H3,(H,11,12)(H,13,14). The number of hydrogen-bond donors (Lipinski definition) is 3. The number of carbonyl (C=O) groups is 2. The Labute approximate surface area is 171 Å². The molecule has 0 aliphatic heterocycles. The smallest absolute Gasteiger partial charge is 0.337 e. The second-order valence-corrected chi connectivity index (χ2v) is 6.79. The van der Waals surface area contributed by atoms with Crippen molar-refractivity contribution < 1.29 is 19.8 Å². The lowest BCUT2D eigenvalue weighted by atomic mass is 10.00. The molecule has 0 unspecified atom stereocenters. The van der Waals surface area contributed by atoms with Crippen LogP contribution in [0.4, 0.5) is 0 Å². The van der Waals surface area contributed by atoms with Gasteiger partial charge in [-0.1, -0.05) is 54.6 Å². The van der Waals surface area contributed by atoms with E-state index >= 15 is 0 Å². The quantitative estimate of drug-likeness (QED) is 0.530. The summed E-state index contributed by atoms with van der Waals surface area (Å²) in [6.45, 7) is 2.06. The topological polar surface area (TPSA) is 101 Å². The molecule has 0 bridgehead atoms. The molecule has 0 aliphatic rings. The van der Waals surface area contributed by atoms with Gasteiger partial charge in [0, 0.05) is 11.0 Å². The van der Waals surface area contributed by atoms with Crippen molar-refractivity contribution in [1.29, 1.82) is 0 Å². The van der Waals surface area contributed by atoms with Crippen LogP contribution in [0.5, 0.6) is 0 Å². The maximum atomic E-state index is 10.8. The molecule has 0 amide bonds. The molecule has 0 saturated carbocycles. The van der Waals surface area contributed by atoms with E-state index in [0.717, 1.165) is 0 Å². The summed E-state index contributed by atoms with van der Waals surface area (Å²) >= 11 is 3.06. The molecule has 5 nitrogen and oxygen atoms in total. The predicted octanol–water partition coefficient (Wildman–Crippen LogP) is 4.97. The summed E-state index contributed by atoms with van der Waals surface area (Å²) in [5, 5.41) is 17.6. The van der Waals surface area contributed by atoms with Gasteiger partial charge in [0.15, 0.2) is 0 Å². The monoisotopic (exact) mass is 441 g/mol. The molecule has 144 valence electrons. The number of benzene rings is 3. The van der Waals surface area contributed by atoms with Gasteiger partial charge in [0.1, 0.15) is 0 Å². The van der Waals surface area contributed by atoms with Crippen molar-refractivity contribution in [3.05, 3.63) is 93.5 Å². The minimum absolute atomic E-state index is 0.00519. The van der Waals surface area contributed by atoms with Crippen LogP contribution in [0.2, 0.25) is 0 Å². The Kier molecular flexibility index (Phi) is 7.49. The van der Waals surface area contributed by atoms with Gasteiger partial charge in [0.2, 0.25) is 0 Å². The van der Waals surface area contributed by atoms with Crippen molar-refractivity contribution in [2.45, 2.75) is 13.5 Å². The Morgan fingerprint density at radius 1 is 0.893 bits per heavy atom. The Morgan fingerprint density at radius 2 is 1.50 bits per heavy atom. The van der Waals surface area contributed by atoms with Crippen LogP contribution in [0.1, 0.15) is 31.8 Å². The van der Waals surface area contributed by atoms with Crippen LogP contribution < -0.4 is 5.73 Å². The lowest BCUT2D eigenvalue weighted by Crippen LogP contribution is -2.07. The summed E-state index contributed by atoms with van der Waals surface area (Å²) in [6, 6.07) is 21.4. The van der Waals surface area contributed by atoms with Gasteiger partial charge in [-0.05, 0) is 57.2 Å². The number of nitrogens with two attached hydrogens (primary N) is 1. The van der Waals surface area contributed by atoms with E-state index in [1.165, 1.54) is 35.7 Å².